The van der Waals surface area contributed by atoms with E-state index in [4.69, 9.17) is 15.2 Å². The average molecular weight is 271 g/mol. The molecule has 3 nitrogen and oxygen atoms in total. The number of nitrogen functional groups attached to an aromatic ring is 1. The molecular formula is C17H21NO2. The third kappa shape index (κ3) is 3.23. The quantitative estimate of drug-likeness (QED) is 0.846. The average Bonchev–Trinajstić information content (AvgIpc) is 2.47. The van der Waals surface area contributed by atoms with Gasteiger partial charge in [-0.15, -0.1) is 0 Å². The van der Waals surface area contributed by atoms with Gasteiger partial charge in [-0.2, -0.15) is 0 Å². The summed E-state index contributed by atoms with van der Waals surface area (Å²) in [5.74, 6) is 1.77. The van der Waals surface area contributed by atoms with Crippen LogP contribution in [0.2, 0.25) is 0 Å². The maximum atomic E-state index is 5.91. The van der Waals surface area contributed by atoms with Crippen molar-refractivity contribution in [2.24, 2.45) is 0 Å². The van der Waals surface area contributed by atoms with Crippen molar-refractivity contribution >= 4 is 5.69 Å². The molecule has 0 unspecified atom stereocenters. The summed E-state index contributed by atoms with van der Waals surface area (Å²) in [4.78, 5) is 0. The molecule has 0 aromatic heterocycles. The van der Waals surface area contributed by atoms with E-state index in [2.05, 4.69) is 12.1 Å². The summed E-state index contributed by atoms with van der Waals surface area (Å²) >= 11 is 0. The lowest BCUT2D eigenvalue weighted by Gasteiger charge is -2.13. The standard InChI is InChI=1S/C17H21NO2/c1-12-4-9-16(18)13(2)17(12)20-11-10-14-5-7-15(19-3)8-6-14/h4-9H,10-11,18H2,1-3H3. The Hall–Kier alpha value is -2.16. The van der Waals surface area contributed by atoms with Gasteiger partial charge in [-0.05, 0) is 43.2 Å². The lowest BCUT2D eigenvalue weighted by molar-refractivity contribution is 0.318. The number of nitrogens with two attached hydrogens (primary N) is 1. The van der Waals surface area contributed by atoms with E-state index in [0.29, 0.717) is 6.61 Å². The second-order valence-corrected chi connectivity index (χ2v) is 4.87. The number of methoxy groups -OCH3 is 1. The Kier molecular flexibility index (Phi) is 4.51. The smallest absolute Gasteiger partial charge is 0.127 e. The predicted molar refractivity (Wildman–Crippen MR) is 82.5 cm³/mol. The minimum absolute atomic E-state index is 0.636. The number of rotatable bonds is 5. The van der Waals surface area contributed by atoms with E-state index in [9.17, 15) is 0 Å². The van der Waals surface area contributed by atoms with Crippen molar-refractivity contribution in [3.8, 4) is 11.5 Å². The number of hydrogen-bond acceptors (Lipinski definition) is 3. The lowest BCUT2D eigenvalue weighted by atomic mass is 10.1. The number of ether oxygens (including phenoxy) is 2. The summed E-state index contributed by atoms with van der Waals surface area (Å²) in [6.07, 6.45) is 0.859. The molecule has 0 saturated carbocycles. The molecule has 20 heavy (non-hydrogen) atoms. The number of anilines is 1. The molecule has 0 saturated heterocycles. The van der Waals surface area contributed by atoms with Crippen LogP contribution in [0.3, 0.4) is 0 Å². The van der Waals surface area contributed by atoms with E-state index in [0.717, 1.165) is 34.7 Å². The Morgan fingerprint density at radius 2 is 1.70 bits per heavy atom. The normalized spacial score (nSPS) is 10.3. The first-order valence-corrected chi connectivity index (χ1v) is 6.73. The third-order valence-corrected chi connectivity index (χ3v) is 3.44. The highest BCUT2D eigenvalue weighted by Gasteiger charge is 2.06. The maximum Gasteiger partial charge on any atom is 0.127 e. The molecule has 2 aromatic carbocycles. The van der Waals surface area contributed by atoms with Gasteiger partial charge in [-0.1, -0.05) is 18.2 Å². The van der Waals surface area contributed by atoms with Gasteiger partial charge in [0.2, 0.25) is 0 Å². The highest BCUT2D eigenvalue weighted by atomic mass is 16.5. The molecule has 2 aromatic rings. The van der Waals surface area contributed by atoms with Crippen molar-refractivity contribution in [1.82, 2.24) is 0 Å². The van der Waals surface area contributed by atoms with E-state index in [1.165, 1.54) is 5.56 Å². The van der Waals surface area contributed by atoms with Gasteiger partial charge < -0.3 is 15.2 Å². The van der Waals surface area contributed by atoms with Crippen LogP contribution in [0.5, 0.6) is 11.5 Å². The monoisotopic (exact) mass is 271 g/mol. The van der Waals surface area contributed by atoms with Crippen molar-refractivity contribution < 1.29 is 9.47 Å². The van der Waals surface area contributed by atoms with Gasteiger partial charge in [-0.25, -0.2) is 0 Å². The number of hydrogen-bond donors (Lipinski definition) is 1. The Labute approximate surface area is 120 Å². The molecule has 0 atom stereocenters. The van der Waals surface area contributed by atoms with Gasteiger partial charge in [0, 0.05) is 17.7 Å². The zero-order valence-corrected chi connectivity index (χ0v) is 12.3. The van der Waals surface area contributed by atoms with Crippen LogP contribution < -0.4 is 15.2 Å². The summed E-state index contributed by atoms with van der Waals surface area (Å²) in [5.41, 5.74) is 10.0. The molecular weight excluding hydrogens is 250 g/mol. The predicted octanol–water partition coefficient (Wildman–Crippen LogP) is 3.52. The first-order chi connectivity index (χ1) is 9.61. The van der Waals surface area contributed by atoms with E-state index >= 15 is 0 Å². The van der Waals surface area contributed by atoms with Gasteiger partial charge in [-0.3, -0.25) is 0 Å². The van der Waals surface area contributed by atoms with Gasteiger partial charge >= 0.3 is 0 Å². The first-order valence-electron chi connectivity index (χ1n) is 6.73. The minimum Gasteiger partial charge on any atom is -0.497 e. The van der Waals surface area contributed by atoms with Gasteiger partial charge in [0.1, 0.15) is 11.5 Å². The van der Waals surface area contributed by atoms with Crippen molar-refractivity contribution in [1.29, 1.82) is 0 Å². The Morgan fingerprint density at radius 1 is 1.00 bits per heavy atom. The topological polar surface area (TPSA) is 44.5 Å². The van der Waals surface area contributed by atoms with Crippen LogP contribution in [0.1, 0.15) is 16.7 Å². The van der Waals surface area contributed by atoms with Crippen LogP contribution in [0.25, 0.3) is 0 Å². The van der Waals surface area contributed by atoms with Crippen LogP contribution in [0, 0.1) is 13.8 Å². The molecule has 2 N–H and O–H groups in total. The van der Waals surface area contributed by atoms with Crippen LogP contribution in [0.15, 0.2) is 36.4 Å². The molecule has 0 fully saturated rings. The largest absolute Gasteiger partial charge is 0.497 e. The van der Waals surface area contributed by atoms with Gasteiger partial charge in [0.15, 0.2) is 0 Å². The second-order valence-electron chi connectivity index (χ2n) is 4.87. The summed E-state index contributed by atoms with van der Waals surface area (Å²) in [7, 11) is 1.67. The van der Waals surface area contributed by atoms with Gasteiger partial charge in [0.05, 0.1) is 13.7 Å². The van der Waals surface area contributed by atoms with Crippen molar-refractivity contribution in [3.63, 3.8) is 0 Å². The van der Waals surface area contributed by atoms with Crippen LogP contribution >= 0.6 is 0 Å². The summed E-state index contributed by atoms with van der Waals surface area (Å²) in [6, 6.07) is 12.0. The van der Waals surface area contributed by atoms with Crippen molar-refractivity contribution in [2.45, 2.75) is 20.3 Å². The highest BCUT2D eigenvalue weighted by Crippen LogP contribution is 2.27. The molecule has 0 aliphatic heterocycles. The van der Waals surface area contributed by atoms with Crippen molar-refractivity contribution in [3.05, 3.63) is 53.1 Å². The molecule has 0 amide bonds. The Bertz CT molecular complexity index is 576. The summed E-state index contributed by atoms with van der Waals surface area (Å²) in [6.45, 7) is 4.66. The van der Waals surface area contributed by atoms with E-state index in [-0.39, 0.29) is 0 Å². The zero-order valence-electron chi connectivity index (χ0n) is 12.3. The fourth-order valence-electron chi connectivity index (χ4n) is 2.13. The SMILES string of the molecule is COc1ccc(CCOc2c(C)ccc(N)c2C)cc1. The molecule has 0 bridgehead atoms. The summed E-state index contributed by atoms with van der Waals surface area (Å²) < 4.78 is 11.0. The van der Waals surface area contributed by atoms with E-state index in [1.54, 1.807) is 7.11 Å². The Balaban J connectivity index is 1.97. The molecule has 106 valence electrons. The molecule has 3 heteroatoms. The van der Waals surface area contributed by atoms with Crippen LogP contribution in [-0.4, -0.2) is 13.7 Å². The van der Waals surface area contributed by atoms with Crippen LogP contribution in [0.4, 0.5) is 5.69 Å². The highest BCUT2D eigenvalue weighted by molar-refractivity contribution is 5.56. The summed E-state index contributed by atoms with van der Waals surface area (Å²) in [5, 5.41) is 0. The molecule has 2 rings (SSSR count). The third-order valence-electron chi connectivity index (χ3n) is 3.44. The van der Waals surface area contributed by atoms with Gasteiger partial charge in [0.25, 0.3) is 0 Å². The van der Waals surface area contributed by atoms with Crippen LogP contribution in [-0.2, 0) is 6.42 Å². The fraction of sp³-hybridized carbons (Fsp3) is 0.294. The zero-order chi connectivity index (χ0) is 14.5. The molecule has 0 radical (unpaired) electrons. The molecule has 0 heterocycles. The molecule has 0 spiro atoms. The Morgan fingerprint density at radius 3 is 2.35 bits per heavy atom. The first kappa shape index (κ1) is 14.3. The van der Waals surface area contributed by atoms with E-state index < -0.39 is 0 Å². The maximum absolute atomic E-state index is 5.91. The lowest BCUT2D eigenvalue weighted by Crippen LogP contribution is -2.05. The fourth-order valence-corrected chi connectivity index (χ4v) is 2.13. The second kappa shape index (κ2) is 6.33. The molecule has 0 aliphatic rings. The number of benzene rings is 2. The number of aryl methyl sites for hydroxylation is 1. The van der Waals surface area contributed by atoms with Crippen molar-refractivity contribution in [2.75, 3.05) is 19.5 Å². The molecule has 0 aliphatic carbocycles. The van der Waals surface area contributed by atoms with E-state index in [1.807, 2.05) is 38.1 Å². The minimum atomic E-state index is 0.636.